The topological polar surface area (TPSA) is 171 Å². The van der Waals surface area contributed by atoms with Crippen molar-refractivity contribution in [3.63, 3.8) is 0 Å². The van der Waals surface area contributed by atoms with E-state index in [9.17, 15) is 9.59 Å². The van der Waals surface area contributed by atoms with Crippen LogP contribution >= 0.6 is 23.2 Å². The standard InChI is InChI=1S/C14H22N4O4.C12H19ClN2.C10H16ClN/c1-13(2,3)21-11(19)16-10(18-9-7-8-15-18)17-12(20)22-14(4,5)6;13-12-4-7-1-8(5-12)10(3-11(14)15)9(2-7)6-12;11-10-3-6-1-7(4-10)9(12)8(2-6)5-10/h7-9H,1-6H3,(H,16,17,19,20);7-10H,1-6H2,(H3,14,15);6-9H,1-5,12H2. The first-order chi connectivity index (χ1) is 22.7. The quantitative estimate of drug-likeness (QED) is 0.140. The van der Waals surface area contributed by atoms with Crippen molar-refractivity contribution in [3.8, 4) is 0 Å². The van der Waals surface area contributed by atoms with Crippen LogP contribution in [0.25, 0.3) is 0 Å². The molecule has 8 fully saturated rings. The van der Waals surface area contributed by atoms with E-state index < -0.39 is 23.4 Å². The predicted octanol–water partition coefficient (Wildman–Crippen LogP) is 7.42. The van der Waals surface area contributed by atoms with Gasteiger partial charge >= 0.3 is 12.2 Å². The van der Waals surface area contributed by atoms with Crippen LogP contribution in [-0.4, -0.2) is 60.8 Å². The Kier molecular flexibility index (Phi) is 11.1. The van der Waals surface area contributed by atoms with Crippen LogP contribution in [0.3, 0.4) is 0 Å². The van der Waals surface area contributed by atoms with Gasteiger partial charge in [0.05, 0.1) is 5.84 Å². The molecule has 13 heteroatoms. The summed E-state index contributed by atoms with van der Waals surface area (Å²) in [5, 5.41) is 13.8. The molecule has 6 N–H and O–H groups in total. The zero-order valence-corrected chi connectivity index (χ0v) is 31.5. The molecule has 11 nitrogen and oxygen atoms in total. The highest BCUT2D eigenvalue weighted by atomic mass is 35.5. The van der Waals surface area contributed by atoms with E-state index >= 15 is 0 Å². The second kappa shape index (κ2) is 14.3. The summed E-state index contributed by atoms with van der Waals surface area (Å²) in [5.74, 6) is 5.77. The second-order valence-electron chi connectivity index (χ2n) is 17.7. The Morgan fingerprint density at radius 3 is 1.82 bits per heavy atom. The number of amidine groups is 1. The first kappa shape index (κ1) is 37.9. The van der Waals surface area contributed by atoms with Gasteiger partial charge in [-0.2, -0.15) is 5.10 Å². The minimum Gasteiger partial charge on any atom is -0.444 e. The number of ether oxygens (including phenoxy) is 2. The number of halogens is 2. The number of hydrogen-bond donors (Lipinski definition) is 4. The molecule has 0 saturated heterocycles. The monoisotopic (exact) mass is 721 g/mol. The molecule has 0 aliphatic heterocycles. The summed E-state index contributed by atoms with van der Waals surface area (Å²) in [5.41, 5.74) is 10.4. The van der Waals surface area contributed by atoms with Crippen molar-refractivity contribution in [3.05, 3.63) is 18.5 Å². The number of aromatic nitrogens is 2. The van der Waals surface area contributed by atoms with Gasteiger partial charge in [-0.25, -0.2) is 14.3 Å². The molecule has 1 aromatic rings. The molecular formula is C36H57Cl2N7O4. The average Bonchev–Trinajstić information content (AvgIpc) is 3.45. The maximum absolute atomic E-state index is 11.8. The smallest absolute Gasteiger partial charge is 0.437 e. The number of nitrogens with zero attached hydrogens (tertiary/aromatic N) is 3. The van der Waals surface area contributed by atoms with Crippen LogP contribution in [0.4, 0.5) is 9.59 Å². The largest absolute Gasteiger partial charge is 0.444 e. The molecule has 4 atom stereocenters. The van der Waals surface area contributed by atoms with Crippen molar-refractivity contribution in [2.24, 2.45) is 57.9 Å². The number of alkyl halides is 2. The summed E-state index contributed by atoms with van der Waals surface area (Å²) in [7, 11) is 0. The van der Waals surface area contributed by atoms with Crippen LogP contribution in [0, 0.1) is 46.8 Å². The van der Waals surface area contributed by atoms with E-state index in [0.29, 0.717) is 17.8 Å². The van der Waals surface area contributed by atoms with Crippen molar-refractivity contribution in [2.75, 3.05) is 0 Å². The maximum Gasteiger partial charge on any atom is 0.437 e. The Morgan fingerprint density at radius 1 is 0.898 bits per heavy atom. The number of alkyl carbamates (subject to hydrolysis) is 1. The van der Waals surface area contributed by atoms with Gasteiger partial charge in [-0.15, -0.1) is 28.2 Å². The summed E-state index contributed by atoms with van der Waals surface area (Å²) >= 11 is 13.2. The van der Waals surface area contributed by atoms with Crippen LogP contribution in [-0.2, 0) is 9.47 Å². The van der Waals surface area contributed by atoms with Crippen LogP contribution in [0.2, 0.25) is 0 Å². The van der Waals surface area contributed by atoms with Gasteiger partial charge in [0.25, 0.3) is 0 Å². The van der Waals surface area contributed by atoms with Gasteiger partial charge in [0, 0.05) is 34.6 Å². The third kappa shape index (κ3) is 10.1. The van der Waals surface area contributed by atoms with Gasteiger partial charge in [-0.1, -0.05) is 0 Å². The molecule has 4 unspecified atom stereocenters. The fourth-order valence-electron chi connectivity index (χ4n) is 9.88. The minimum absolute atomic E-state index is 0.103. The third-order valence-electron chi connectivity index (χ3n) is 11.0. The number of nitrogens with one attached hydrogen (secondary N) is 2. The highest BCUT2D eigenvalue weighted by Gasteiger charge is 2.55. The lowest BCUT2D eigenvalue weighted by Crippen LogP contribution is -2.57. The molecule has 0 spiro atoms. The Morgan fingerprint density at radius 2 is 1.39 bits per heavy atom. The molecule has 2 amide bonds. The van der Waals surface area contributed by atoms with Crippen LogP contribution in [0.1, 0.15) is 112 Å². The van der Waals surface area contributed by atoms with Gasteiger partial charge in [0.15, 0.2) is 0 Å². The predicted molar refractivity (Wildman–Crippen MR) is 193 cm³/mol. The van der Waals surface area contributed by atoms with E-state index in [2.05, 4.69) is 15.4 Å². The van der Waals surface area contributed by atoms with E-state index in [-0.39, 0.29) is 15.7 Å². The molecule has 274 valence electrons. The van der Waals surface area contributed by atoms with Gasteiger partial charge in [0.1, 0.15) is 11.2 Å². The lowest BCUT2D eigenvalue weighted by atomic mass is 9.51. The highest BCUT2D eigenvalue weighted by Crippen LogP contribution is 2.61. The number of amides is 2. The molecule has 8 bridgehead atoms. The third-order valence-corrected chi connectivity index (χ3v) is 12.0. The molecular weight excluding hydrogens is 665 g/mol. The number of carbonyl (C=O) groups excluding carboxylic acids is 2. The number of carbonyl (C=O) groups is 2. The Bertz CT molecular complexity index is 1360. The normalized spacial score (nSPS) is 37.0. The Hall–Kier alpha value is -2.37. The average molecular weight is 723 g/mol. The fraction of sp³-hybridized carbons (Fsp3) is 0.806. The van der Waals surface area contributed by atoms with E-state index in [4.69, 9.17) is 49.6 Å². The molecule has 0 aromatic carbocycles. The van der Waals surface area contributed by atoms with Crippen LogP contribution < -0.4 is 16.8 Å². The molecule has 1 aromatic heterocycles. The lowest BCUT2D eigenvalue weighted by Gasteiger charge is -2.58. The molecule has 8 aliphatic carbocycles. The van der Waals surface area contributed by atoms with Crippen LogP contribution in [0.5, 0.6) is 0 Å². The van der Waals surface area contributed by atoms with Crippen molar-refractivity contribution in [2.45, 2.75) is 139 Å². The number of aliphatic imine (C=N–C) groups is 1. The summed E-state index contributed by atoms with van der Waals surface area (Å²) in [6, 6.07) is 2.11. The summed E-state index contributed by atoms with van der Waals surface area (Å²) < 4.78 is 11.4. The Labute approximate surface area is 301 Å². The second-order valence-corrected chi connectivity index (χ2v) is 19.3. The summed E-state index contributed by atoms with van der Waals surface area (Å²) in [6.45, 7) is 10.3. The number of rotatable bonds is 2. The van der Waals surface area contributed by atoms with Crippen LogP contribution in [0.15, 0.2) is 23.5 Å². The van der Waals surface area contributed by atoms with Crippen molar-refractivity contribution >= 4 is 47.2 Å². The van der Waals surface area contributed by atoms with E-state index in [0.717, 1.165) is 41.9 Å². The first-order valence-corrected chi connectivity index (χ1v) is 18.7. The first-order valence-electron chi connectivity index (χ1n) is 18.0. The van der Waals surface area contributed by atoms with Gasteiger partial charge in [0.2, 0.25) is 5.96 Å². The van der Waals surface area contributed by atoms with Crippen molar-refractivity contribution < 1.29 is 19.1 Å². The molecule has 8 saturated carbocycles. The SMILES string of the molecule is CC(C)(C)OC(=O)N=C(NC(=O)OC(C)(C)C)n1cccn1.N=C(N)CC1C2CC3CC1CC(Cl)(C3)C2.NC1C2CC3CC1CC(Cl)(C3)C2. The van der Waals surface area contributed by atoms with E-state index in [1.54, 1.807) is 47.6 Å². The van der Waals surface area contributed by atoms with Gasteiger partial charge in [-0.3, -0.25) is 10.7 Å². The minimum atomic E-state index is -0.839. The van der Waals surface area contributed by atoms with Gasteiger partial charge in [-0.05, 0) is 153 Å². The van der Waals surface area contributed by atoms with Crippen molar-refractivity contribution in [1.82, 2.24) is 15.1 Å². The zero-order chi connectivity index (χ0) is 35.9. The molecule has 49 heavy (non-hydrogen) atoms. The zero-order valence-electron chi connectivity index (χ0n) is 30.0. The fourth-order valence-corrected chi connectivity index (χ4v) is 11.1. The summed E-state index contributed by atoms with van der Waals surface area (Å²) in [4.78, 5) is 27.6. The van der Waals surface area contributed by atoms with E-state index in [1.165, 1.54) is 81.3 Å². The maximum atomic E-state index is 11.8. The molecule has 9 rings (SSSR count). The Balaban J connectivity index is 0.000000150. The lowest BCUT2D eigenvalue weighted by molar-refractivity contribution is -0.0206. The summed E-state index contributed by atoms with van der Waals surface area (Å²) in [6.07, 6.45) is 15.0. The molecule has 1 heterocycles. The van der Waals surface area contributed by atoms with Gasteiger partial charge < -0.3 is 20.9 Å². The molecule has 0 radical (unpaired) electrons. The number of nitrogens with two attached hydrogens (primary N) is 2. The number of hydrogen-bond acceptors (Lipinski definition) is 7. The molecule has 8 aliphatic rings. The van der Waals surface area contributed by atoms with Crippen molar-refractivity contribution in [1.29, 1.82) is 5.41 Å². The highest BCUT2D eigenvalue weighted by molar-refractivity contribution is 6.24. The van der Waals surface area contributed by atoms with E-state index in [1.807, 2.05) is 0 Å².